The van der Waals surface area contributed by atoms with Crippen molar-refractivity contribution in [2.75, 3.05) is 11.9 Å². The van der Waals surface area contributed by atoms with Crippen molar-refractivity contribution in [3.63, 3.8) is 0 Å². The molecule has 1 aromatic carbocycles. The van der Waals surface area contributed by atoms with Crippen LogP contribution in [-0.2, 0) is 10.2 Å². The lowest BCUT2D eigenvalue weighted by atomic mass is 10.1. The van der Waals surface area contributed by atoms with Crippen molar-refractivity contribution < 1.29 is 8.42 Å². The van der Waals surface area contributed by atoms with Gasteiger partial charge in [-0.15, -0.1) is 0 Å². The molecular formula is C14H21BrN2O2S. The van der Waals surface area contributed by atoms with Gasteiger partial charge >= 0.3 is 0 Å². The monoisotopic (exact) mass is 360 g/mol. The van der Waals surface area contributed by atoms with E-state index in [2.05, 4.69) is 20.7 Å². The van der Waals surface area contributed by atoms with Gasteiger partial charge in [0, 0.05) is 17.9 Å². The third kappa shape index (κ3) is 3.81. The van der Waals surface area contributed by atoms with Crippen LogP contribution in [0.25, 0.3) is 0 Å². The minimum absolute atomic E-state index is 0.0769. The van der Waals surface area contributed by atoms with Gasteiger partial charge in [-0.3, -0.25) is 0 Å². The van der Waals surface area contributed by atoms with Gasteiger partial charge in [0.1, 0.15) is 0 Å². The van der Waals surface area contributed by atoms with Crippen molar-refractivity contribution in [3.8, 4) is 0 Å². The molecule has 2 atom stereocenters. The maximum atomic E-state index is 12.5. The van der Waals surface area contributed by atoms with Crippen molar-refractivity contribution in [2.24, 2.45) is 0 Å². The maximum absolute atomic E-state index is 12.5. The number of rotatable bonds is 5. The van der Waals surface area contributed by atoms with Gasteiger partial charge < -0.3 is 0 Å². The number of benzene rings is 1. The van der Waals surface area contributed by atoms with E-state index in [0.29, 0.717) is 11.9 Å². The largest absolute Gasteiger partial charge is 0.280 e. The van der Waals surface area contributed by atoms with Gasteiger partial charge in [-0.1, -0.05) is 52.7 Å². The number of halogens is 1. The summed E-state index contributed by atoms with van der Waals surface area (Å²) in [6.07, 6.45) is 2.98. The summed E-state index contributed by atoms with van der Waals surface area (Å²) in [7, 11) is -3.44. The SMILES string of the molecule is CC1CCCCN1S(=O)(=O)NC(CBr)c1ccccc1. The summed E-state index contributed by atoms with van der Waals surface area (Å²) >= 11 is 3.40. The molecule has 0 amide bonds. The first kappa shape index (κ1) is 15.9. The molecule has 0 aliphatic carbocycles. The second-order valence-electron chi connectivity index (χ2n) is 5.20. The minimum atomic E-state index is -3.44. The van der Waals surface area contributed by atoms with Crippen LogP contribution >= 0.6 is 15.9 Å². The van der Waals surface area contributed by atoms with Crippen LogP contribution in [0.1, 0.15) is 37.8 Å². The lowest BCUT2D eigenvalue weighted by Crippen LogP contribution is -2.48. The average molecular weight is 361 g/mol. The predicted octanol–water partition coefficient (Wildman–Crippen LogP) is 2.83. The number of alkyl halides is 1. The van der Waals surface area contributed by atoms with Crippen molar-refractivity contribution >= 4 is 26.1 Å². The Labute approximate surface area is 129 Å². The smallest absolute Gasteiger partial charge is 0.195 e. The molecule has 0 bridgehead atoms. The lowest BCUT2D eigenvalue weighted by Gasteiger charge is -2.33. The van der Waals surface area contributed by atoms with Crippen LogP contribution in [0.5, 0.6) is 0 Å². The van der Waals surface area contributed by atoms with Gasteiger partial charge in [0.15, 0.2) is 0 Å². The lowest BCUT2D eigenvalue weighted by molar-refractivity contribution is 0.264. The van der Waals surface area contributed by atoms with Gasteiger partial charge in [0.05, 0.1) is 6.04 Å². The molecule has 1 aliphatic heterocycles. The predicted molar refractivity (Wildman–Crippen MR) is 85.1 cm³/mol. The van der Waals surface area contributed by atoms with Crippen LogP contribution in [0, 0.1) is 0 Å². The van der Waals surface area contributed by atoms with E-state index in [1.807, 2.05) is 37.3 Å². The van der Waals surface area contributed by atoms with E-state index in [1.54, 1.807) is 4.31 Å². The molecule has 1 N–H and O–H groups in total. The molecule has 1 fully saturated rings. The van der Waals surface area contributed by atoms with Crippen LogP contribution in [0.15, 0.2) is 30.3 Å². The van der Waals surface area contributed by atoms with Gasteiger partial charge in [-0.2, -0.15) is 17.4 Å². The molecule has 1 heterocycles. The molecule has 1 aromatic rings. The Morgan fingerprint density at radius 2 is 2.05 bits per heavy atom. The molecule has 1 aliphatic rings. The van der Waals surface area contributed by atoms with Gasteiger partial charge in [0.2, 0.25) is 0 Å². The Hall–Kier alpha value is -0.430. The molecule has 6 heteroatoms. The summed E-state index contributed by atoms with van der Waals surface area (Å²) in [6.45, 7) is 2.59. The fourth-order valence-corrected chi connectivity index (χ4v) is 4.96. The van der Waals surface area contributed by atoms with E-state index in [0.717, 1.165) is 24.8 Å². The van der Waals surface area contributed by atoms with Crippen LogP contribution < -0.4 is 4.72 Å². The molecule has 0 spiro atoms. The standard InChI is InChI=1S/C14H21BrN2O2S/c1-12-7-5-6-10-17(12)20(18,19)16-14(11-15)13-8-3-2-4-9-13/h2-4,8-9,12,14,16H,5-7,10-11H2,1H3. The highest BCUT2D eigenvalue weighted by molar-refractivity contribution is 9.09. The molecule has 2 rings (SSSR count). The first-order valence-electron chi connectivity index (χ1n) is 6.94. The fraction of sp³-hybridized carbons (Fsp3) is 0.571. The number of piperidine rings is 1. The minimum Gasteiger partial charge on any atom is -0.195 e. The zero-order valence-electron chi connectivity index (χ0n) is 11.6. The molecule has 20 heavy (non-hydrogen) atoms. The van der Waals surface area contributed by atoms with Crippen molar-refractivity contribution in [1.82, 2.24) is 9.03 Å². The third-order valence-corrected chi connectivity index (χ3v) is 6.09. The topological polar surface area (TPSA) is 49.4 Å². The first-order chi connectivity index (χ1) is 9.54. The molecule has 1 saturated heterocycles. The first-order valence-corrected chi connectivity index (χ1v) is 9.51. The molecule has 4 nitrogen and oxygen atoms in total. The van der Waals surface area contributed by atoms with E-state index in [-0.39, 0.29) is 12.1 Å². The van der Waals surface area contributed by atoms with Crippen molar-refractivity contribution in [2.45, 2.75) is 38.3 Å². The summed E-state index contributed by atoms with van der Waals surface area (Å²) < 4.78 is 29.5. The molecule has 112 valence electrons. The number of hydrogen-bond acceptors (Lipinski definition) is 2. The summed E-state index contributed by atoms with van der Waals surface area (Å²) in [5.41, 5.74) is 0.970. The van der Waals surface area contributed by atoms with E-state index < -0.39 is 10.2 Å². The average Bonchev–Trinajstić information content (AvgIpc) is 2.46. The van der Waals surface area contributed by atoms with E-state index in [9.17, 15) is 8.42 Å². The maximum Gasteiger partial charge on any atom is 0.280 e. The fourth-order valence-electron chi connectivity index (χ4n) is 2.55. The third-order valence-electron chi connectivity index (χ3n) is 3.70. The molecule has 2 unspecified atom stereocenters. The zero-order chi connectivity index (χ0) is 14.6. The van der Waals surface area contributed by atoms with Crippen LogP contribution in [0.2, 0.25) is 0 Å². The number of nitrogens with one attached hydrogen (secondary N) is 1. The van der Waals surface area contributed by atoms with E-state index in [1.165, 1.54) is 0 Å². The van der Waals surface area contributed by atoms with E-state index >= 15 is 0 Å². The van der Waals surface area contributed by atoms with Crippen LogP contribution in [0.3, 0.4) is 0 Å². The van der Waals surface area contributed by atoms with Crippen LogP contribution in [-0.4, -0.2) is 30.6 Å². The zero-order valence-corrected chi connectivity index (χ0v) is 14.0. The molecular weight excluding hydrogens is 340 g/mol. The Kier molecular flexibility index (Phi) is 5.60. The Balaban J connectivity index is 2.13. The molecule has 0 aromatic heterocycles. The normalized spacial score (nSPS) is 22.6. The van der Waals surface area contributed by atoms with E-state index in [4.69, 9.17) is 0 Å². The van der Waals surface area contributed by atoms with Crippen LogP contribution in [0.4, 0.5) is 0 Å². The summed E-state index contributed by atoms with van der Waals surface area (Å²) in [6, 6.07) is 9.48. The van der Waals surface area contributed by atoms with Gasteiger partial charge in [-0.25, -0.2) is 0 Å². The highest BCUT2D eigenvalue weighted by Gasteiger charge is 2.31. The highest BCUT2D eigenvalue weighted by atomic mass is 79.9. The van der Waals surface area contributed by atoms with Gasteiger partial charge in [-0.05, 0) is 25.3 Å². The highest BCUT2D eigenvalue weighted by Crippen LogP contribution is 2.22. The second kappa shape index (κ2) is 7.02. The number of hydrogen-bond donors (Lipinski definition) is 1. The molecule has 0 radical (unpaired) electrons. The second-order valence-corrected chi connectivity index (χ2v) is 7.50. The summed E-state index contributed by atoms with van der Waals surface area (Å²) in [5.74, 6) is 0. The Morgan fingerprint density at radius 3 is 2.65 bits per heavy atom. The van der Waals surface area contributed by atoms with Gasteiger partial charge in [0.25, 0.3) is 10.2 Å². The molecule has 0 saturated carbocycles. The summed E-state index contributed by atoms with van der Waals surface area (Å²) in [5, 5.41) is 0.554. The Morgan fingerprint density at radius 1 is 1.35 bits per heavy atom. The van der Waals surface area contributed by atoms with Crippen molar-refractivity contribution in [3.05, 3.63) is 35.9 Å². The Bertz CT molecular complexity index is 521. The summed E-state index contributed by atoms with van der Waals surface area (Å²) in [4.78, 5) is 0. The quantitative estimate of drug-likeness (QED) is 0.820. The number of nitrogens with zero attached hydrogens (tertiary/aromatic N) is 1. The van der Waals surface area contributed by atoms with Crippen molar-refractivity contribution in [1.29, 1.82) is 0 Å².